The first-order chi connectivity index (χ1) is 8.27. The summed E-state index contributed by atoms with van der Waals surface area (Å²) in [6.45, 7) is 5.75. The fraction of sp³-hybridized carbons (Fsp3) is 0.800. The Hall–Kier alpha value is -1.01. The molecule has 0 aromatic rings. The minimum absolute atomic E-state index is 0.219. The second kappa shape index (κ2) is 5.75. The second-order valence-electron chi connectivity index (χ2n) is 6.30. The van der Waals surface area contributed by atoms with Crippen molar-refractivity contribution in [3.8, 4) is 12.3 Å². The minimum atomic E-state index is -0.703. The molecule has 0 amide bonds. The molecule has 1 saturated carbocycles. The van der Waals surface area contributed by atoms with Crippen LogP contribution in [0.15, 0.2) is 0 Å². The van der Waals surface area contributed by atoms with Crippen LogP contribution in [0.25, 0.3) is 0 Å². The Bertz CT molecular complexity index is 325. The first-order valence-electron chi connectivity index (χ1n) is 6.63. The van der Waals surface area contributed by atoms with Crippen LogP contribution in [0, 0.1) is 23.7 Å². The first kappa shape index (κ1) is 15.0. The molecule has 0 aromatic carbocycles. The van der Waals surface area contributed by atoms with Gasteiger partial charge in [-0.1, -0.05) is 0 Å². The monoisotopic (exact) mass is 252 g/mol. The second-order valence-corrected chi connectivity index (χ2v) is 6.30. The highest BCUT2D eigenvalue weighted by molar-refractivity contribution is 5.75. The van der Waals surface area contributed by atoms with Gasteiger partial charge in [-0.3, -0.25) is 4.79 Å². The van der Waals surface area contributed by atoms with Gasteiger partial charge in [0.15, 0.2) is 0 Å². The van der Waals surface area contributed by atoms with Crippen molar-refractivity contribution in [1.82, 2.24) is 0 Å². The summed E-state index contributed by atoms with van der Waals surface area (Å²) in [5.41, 5.74) is -1.19. The zero-order chi connectivity index (χ0) is 13.8. The van der Waals surface area contributed by atoms with Gasteiger partial charge in [0.2, 0.25) is 0 Å². The fourth-order valence-electron chi connectivity index (χ4n) is 2.12. The molecule has 0 spiro atoms. The van der Waals surface area contributed by atoms with E-state index in [9.17, 15) is 9.90 Å². The Morgan fingerprint density at radius 1 is 1.44 bits per heavy atom. The molecule has 1 N–H and O–H groups in total. The van der Waals surface area contributed by atoms with Crippen molar-refractivity contribution in [2.45, 2.75) is 58.5 Å². The summed E-state index contributed by atoms with van der Waals surface area (Å²) < 4.78 is 5.19. The van der Waals surface area contributed by atoms with E-state index in [0.717, 1.165) is 12.8 Å². The molecule has 1 aliphatic rings. The third-order valence-corrected chi connectivity index (χ3v) is 3.56. The number of esters is 1. The highest BCUT2D eigenvalue weighted by Gasteiger charge is 2.33. The highest BCUT2D eigenvalue weighted by Crippen LogP contribution is 2.34. The summed E-state index contributed by atoms with van der Waals surface area (Å²) in [6, 6.07) is 0. The third-order valence-electron chi connectivity index (χ3n) is 3.56. The normalized spacial score (nSPS) is 28.5. The quantitative estimate of drug-likeness (QED) is 0.620. The summed E-state index contributed by atoms with van der Waals surface area (Å²) >= 11 is 0. The average molecular weight is 252 g/mol. The molecule has 0 aliphatic heterocycles. The number of carbonyl (C=O) groups is 1. The molecular weight excluding hydrogens is 228 g/mol. The summed E-state index contributed by atoms with van der Waals surface area (Å²) in [5.74, 6) is 2.81. The van der Waals surface area contributed by atoms with Gasteiger partial charge in [0, 0.05) is 12.3 Å². The van der Waals surface area contributed by atoms with Gasteiger partial charge in [0.25, 0.3) is 0 Å². The van der Waals surface area contributed by atoms with Crippen LogP contribution in [0.4, 0.5) is 0 Å². The summed E-state index contributed by atoms with van der Waals surface area (Å²) in [4.78, 5) is 11.6. The van der Waals surface area contributed by atoms with Gasteiger partial charge in [0.1, 0.15) is 0 Å². The Balaban J connectivity index is 2.32. The lowest BCUT2D eigenvalue weighted by molar-refractivity contribution is -0.154. The van der Waals surface area contributed by atoms with Crippen molar-refractivity contribution in [3.63, 3.8) is 0 Å². The van der Waals surface area contributed by atoms with E-state index < -0.39 is 11.0 Å². The number of ether oxygens (including phenoxy) is 1. The van der Waals surface area contributed by atoms with Gasteiger partial charge in [0.05, 0.1) is 17.6 Å². The minimum Gasteiger partial charge on any atom is -0.465 e. The van der Waals surface area contributed by atoms with Crippen molar-refractivity contribution in [1.29, 1.82) is 0 Å². The lowest BCUT2D eigenvalue weighted by Crippen LogP contribution is -2.36. The molecule has 0 saturated heterocycles. The van der Waals surface area contributed by atoms with Crippen LogP contribution in [-0.4, -0.2) is 23.3 Å². The maximum atomic E-state index is 11.6. The average Bonchev–Trinajstić information content (AvgIpc) is 2.28. The predicted octanol–water partition coefficient (Wildman–Crippen LogP) is 2.52. The van der Waals surface area contributed by atoms with Gasteiger partial charge >= 0.3 is 5.97 Å². The van der Waals surface area contributed by atoms with Gasteiger partial charge in [-0.05, 0) is 46.5 Å². The standard InChI is InChI=1S/C15H24O3/c1-5-12-6-8-15(17,9-7-12)10-11-18-13(16)14(2,3)4/h1,12,17H,6-11H2,2-4H3. The maximum absolute atomic E-state index is 11.6. The van der Waals surface area contributed by atoms with Crippen LogP contribution in [0.5, 0.6) is 0 Å². The van der Waals surface area contributed by atoms with E-state index in [1.54, 1.807) is 0 Å². The molecule has 3 nitrogen and oxygen atoms in total. The van der Waals surface area contributed by atoms with Crippen molar-refractivity contribution in [2.75, 3.05) is 6.61 Å². The van der Waals surface area contributed by atoms with Gasteiger partial charge < -0.3 is 9.84 Å². The van der Waals surface area contributed by atoms with E-state index in [-0.39, 0.29) is 12.6 Å². The molecule has 18 heavy (non-hydrogen) atoms. The van der Waals surface area contributed by atoms with Gasteiger partial charge in [-0.15, -0.1) is 12.3 Å². The molecule has 1 aliphatic carbocycles. The molecule has 0 heterocycles. The van der Waals surface area contributed by atoms with E-state index in [0.29, 0.717) is 25.2 Å². The zero-order valence-corrected chi connectivity index (χ0v) is 11.7. The molecule has 1 rings (SSSR count). The molecule has 0 atom stereocenters. The van der Waals surface area contributed by atoms with Crippen molar-refractivity contribution >= 4 is 5.97 Å². The zero-order valence-electron chi connectivity index (χ0n) is 11.7. The van der Waals surface area contributed by atoms with Crippen LogP contribution >= 0.6 is 0 Å². The maximum Gasteiger partial charge on any atom is 0.311 e. The largest absolute Gasteiger partial charge is 0.465 e. The van der Waals surface area contributed by atoms with Crippen LogP contribution in [0.2, 0.25) is 0 Å². The third kappa shape index (κ3) is 4.34. The van der Waals surface area contributed by atoms with E-state index in [4.69, 9.17) is 11.2 Å². The summed E-state index contributed by atoms with van der Waals surface area (Å²) in [7, 11) is 0. The topological polar surface area (TPSA) is 46.5 Å². The van der Waals surface area contributed by atoms with E-state index >= 15 is 0 Å². The lowest BCUT2D eigenvalue weighted by Gasteiger charge is -2.34. The molecule has 3 heteroatoms. The van der Waals surface area contributed by atoms with Crippen LogP contribution in [0.1, 0.15) is 52.9 Å². The molecule has 0 radical (unpaired) electrons. The molecular formula is C15H24O3. The Labute approximate surface area is 110 Å². The van der Waals surface area contributed by atoms with Gasteiger partial charge in [-0.25, -0.2) is 0 Å². The predicted molar refractivity (Wildman–Crippen MR) is 70.8 cm³/mol. The Morgan fingerprint density at radius 2 is 2.00 bits per heavy atom. The lowest BCUT2D eigenvalue weighted by atomic mass is 9.77. The van der Waals surface area contributed by atoms with E-state index in [2.05, 4.69) is 5.92 Å². The molecule has 0 unspecified atom stereocenters. The number of carbonyl (C=O) groups excluding carboxylic acids is 1. The van der Waals surface area contributed by atoms with Crippen molar-refractivity contribution in [2.24, 2.45) is 11.3 Å². The molecule has 0 bridgehead atoms. The van der Waals surface area contributed by atoms with E-state index in [1.165, 1.54) is 0 Å². The van der Waals surface area contributed by atoms with E-state index in [1.807, 2.05) is 20.8 Å². The Morgan fingerprint density at radius 3 is 2.44 bits per heavy atom. The van der Waals surface area contributed by atoms with Crippen LogP contribution < -0.4 is 0 Å². The fourth-order valence-corrected chi connectivity index (χ4v) is 2.12. The summed E-state index contributed by atoms with van der Waals surface area (Å²) in [6.07, 6.45) is 9.01. The number of terminal acetylenes is 1. The smallest absolute Gasteiger partial charge is 0.311 e. The molecule has 102 valence electrons. The highest BCUT2D eigenvalue weighted by atomic mass is 16.5. The Kier molecular flexibility index (Phi) is 4.81. The first-order valence-corrected chi connectivity index (χ1v) is 6.63. The molecule has 0 aromatic heterocycles. The van der Waals surface area contributed by atoms with Crippen LogP contribution in [0.3, 0.4) is 0 Å². The summed E-state index contributed by atoms with van der Waals surface area (Å²) in [5, 5.41) is 10.3. The number of aliphatic hydroxyl groups is 1. The van der Waals surface area contributed by atoms with Crippen LogP contribution in [-0.2, 0) is 9.53 Å². The number of rotatable bonds is 3. The molecule has 1 fully saturated rings. The number of hydrogen-bond donors (Lipinski definition) is 1. The SMILES string of the molecule is C#CC1CCC(O)(CCOC(=O)C(C)(C)C)CC1. The van der Waals surface area contributed by atoms with Gasteiger partial charge in [-0.2, -0.15) is 0 Å². The van der Waals surface area contributed by atoms with Crippen molar-refractivity contribution in [3.05, 3.63) is 0 Å². The van der Waals surface area contributed by atoms with Crippen molar-refractivity contribution < 1.29 is 14.6 Å². The number of hydrogen-bond acceptors (Lipinski definition) is 3.